The van der Waals surface area contributed by atoms with Gasteiger partial charge in [-0.2, -0.15) is 0 Å². The number of anilines is 1. The summed E-state index contributed by atoms with van der Waals surface area (Å²) in [6.45, 7) is 0. The highest BCUT2D eigenvalue weighted by Crippen LogP contribution is 2.32. The molecule has 2 N–H and O–H groups in total. The van der Waals surface area contributed by atoms with Crippen LogP contribution in [0.5, 0.6) is 5.75 Å². The molecule has 0 saturated heterocycles. The molecule has 0 aliphatic heterocycles. The second-order valence-corrected chi connectivity index (χ2v) is 8.04. The first-order valence-corrected chi connectivity index (χ1v) is 10.6. The fourth-order valence-corrected chi connectivity index (χ4v) is 4.35. The number of carbonyl (C=O) groups is 1. The lowest BCUT2D eigenvalue weighted by Crippen LogP contribution is -2.21. The van der Waals surface area contributed by atoms with Gasteiger partial charge in [-0.1, -0.05) is 36.4 Å². The molecule has 0 radical (unpaired) electrons. The summed E-state index contributed by atoms with van der Waals surface area (Å²) in [6.07, 6.45) is 1.75. The van der Waals surface area contributed by atoms with Crippen molar-refractivity contribution in [2.24, 2.45) is 14.1 Å². The van der Waals surface area contributed by atoms with E-state index < -0.39 is 6.04 Å². The van der Waals surface area contributed by atoms with Gasteiger partial charge in [0.05, 0.1) is 23.8 Å². The number of fused-ring (bicyclic) bond motifs is 2. The van der Waals surface area contributed by atoms with Crippen molar-refractivity contribution < 1.29 is 9.53 Å². The number of aromatic amines is 1. The lowest BCUT2D eigenvalue weighted by Gasteiger charge is -2.21. The highest BCUT2D eigenvalue weighted by molar-refractivity contribution is 6.11. The van der Waals surface area contributed by atoms with Gasteiger partial charge in [0.2, 0.25) is 0 Å². The van der Waals surface area contributed by atoms with Crippen LogP contribution in [0, 0.1) is 0 Å². The molecule has 1 unspecified atom stereocenters. The molecule has 0 aliphatic rings. The largest absolute Gasteiger partial charge is 0.495 e. The van der Waals surface area contributed by atoms with E-state index in [-0.39, 0.29) is 11.5 Å². The average molecular weight is 441 g/mol. The number of ether oxygens (including phenoxy) is 1. The summed E-state index contributed by atoms with van der Waals surface area (Å²) in [6, 6.07) is 20.2. The predicted octanol–water partition coefficient (Wildman–Crippen LogP) is 4.40. The number of nitrogens with zero attached hydrogens (tertiary/aromatic N) is 2. The van der Waals surface area contributed by atoms with Gasteiger partial charge < -0.3 is 15.0 Å². The zero-order chi connectivity index (χ0) is 23.1. The van der Waals surface area contributed by atoms with E-state index in [1.807, 2.05) is 66.7 Å². The van der Waals surface area contributed by atoms with Gasteiger partial charge in [-0.15, -0.1) is 0 Å². The van der Waals surface area contributed by atoms with Crippen molar-refractivity contribution in [1.82, 2.24) is 14.1 Å². The van der Waals surface area contributed by atoms with Gasteiger partial charge in [-0.25, -0.2) is 4.79 Å². The standard InChI is InChI=1S/C26H24N4O3/c1-29-21-13-12-16(14-22(21)30(2)26(29)32)24(28-20-10-6-7-11-23(20)33-3)25(31)18-15-27-19-9-5-4-8-17(18)19/h4-15,24,27-28H,1-3H3. The number of carbonyl (C=O) groups excluding carboxylic acids is 1. The maximum atomic E-state index is 13.9. The average Bonchev–Trinajstić information content (AvgIpc) is 3.37. The Hall–Kier alpha value is -4.26. The summed E-state index contributed by atoms with van der Waals surface area (Å²) >= 11 is 0. The maximum absolute atomic E-state index is 13.9. The van der Waals surface area contributed by atoms with Gasteiger partial charge in [0, 0.05) is 36.8 Å². The first-order chi connectivity index (χ1) is 16.0. The van der Waals surface area contributed by atoms with Crippen molar-refractivity contribution in [2.75, 3.05) is 12.4 Å². The number of rotatable bonds is 6. The van der Waals surface area contributed by atoms with Crippen LogP contribution in [0.1, 0.15) is 22.0 Å². The smallest absolute Gasteiger partial charge is 0.328 e. The minimum atomic E-state index is -0.694. The Labute approximate surface area is 190 Å². The van der Waals surface area contributed by atoms with Gasteiger partial charge >= 0.3 is 5.69 Å². The van der Waals surface area contributed by atoms with Crippen LogP contribution in [-0.4, -0.2) is 27.0 Å². The first-order valence-electron chi connectivity index (χ1n) is 10.6. The van der Waals surface area contributed by atoms with E-state index in [0.29, 0.717) is 17.0 Å². The quantitative estimate of drug-likeness (QED) is 0.384. The number of methoxy groups -OCH3 is 1. The molecular formula is C26H24N4O3. The number of hydrogen-bond acceptors (Lipinski definition) is 4. The Morgan fingerprint density at radius 3 is 2.52 bits per heavy atom. The zero-order valence-corrected chi connectivity index (χ0v) is 18.6. The van der Waals surface area contributed by atoms with E-state index in [0.717, 1.165) is 27.5 Å². The van der Waals surface area contributed by atoms with Crippen LogP contribution < -0.4 is 15.7 Å². The van der Waals surface area contributed by atoms with Crippen LogP contribution in [0.15, 0.2) is 77.7 Å². The fourth-order valence-electron chi connectivity index (χ4n) is 4.35. The summed E-state index contributed by atoms with van der Waals surface area (Å²) in [5.74, 6) is 0.557. The second-order valence-electron chi connectivity index (χ2n) is 8.04. The number of nitrogens with one attached hydrogen (secondary N) is 2. The Bertz CT molecular complexity index is 1560. The third kappa shape index (κ3) is 3.38. The summed E-state index contributed by atoms with van der Waals surface area (Å²) in [4.78, 5) is 29.5. The molecule has 0 aliphatic carbocycles. The summed E-state index contributed by atoms with van der Waals surface area (Å²) in [5.41, 5.74) is 4.42. The van der Waals surface area contributed by atoms with Gasteiger partial charge in [0.25, 0.3) is 0 Å². The molecule has 0 bridgehead atoms. The van der Waals surface area contributed by atoms with Crippen molar-refractivity contribution in [2.45, 2.75) is 6.04 Å². The lowest BCUT2D eigenvalue weighted by atomic mass is 9.96. The number of aryl methyl sites for hydroxylation is 2. The Morgan fingerprint density at radius 1 is 0.970 bits per heavy atom. The number of ketones is 1. The van der Waals surface area contributed by atoms with E-state index in [1.165, 1.54) is 0 Å². The molecule has 7 nitrogen and oxygen atoms in total. The van der Waals surface area contributed by atoms with Crippen molar-refractivity contribution in [3.05, 3.63) is 94.5 Å². The SMILES string of the molecule is COc1ccccc1NC(C(=O)c1c[nH]c2ccccc12)c1ccc2c(c1)n(C)c(=O)n2C. The zero-order valence-electron chi connectivity index (χ0n) is 18.6. The number of aromatic nitrogens is 3. The van der Waals surface area contributed by atoms with Crippen molar-refractivity contribution in [3.63, 3.8) is 0 Å². The number of para-hydroxylation sites is 3. The van der Waals surface area contributed by atoms with E-state index in [1.54, 1.807) is 36.5 Å². The van der Waals surface area contributed by atoms with Crippen molar-refractivity contribution >= 4 is 33.4 Å². The van der Waals surface area contributed by atoms with Gasteiger partial charge in [-0.05, 0) is 35.9 Å². The summed E-state index contributed by atoms with van der Waals surface area (Å²) in [7, 11) is 5.08. The van der Waals surface area contributed by atoms with Gasteiger partial charge in [0.15, 0.2) is 5.78 Å². The predicted molar refractivity (Wildman–Crippen MR) is 130 cm³/mol. The third-order valence-corrected chi connectivity index (χ3v) is 6.15. The molecule has 0 fully saturated rings. The molecule has 3 aromatic carbocycles. The van der Waals surface area contributed by atoms with Crippen LogP contribution in [-0.2, 0) is 14.1 Å². The molecule has 5 rings (SSSR count). The number of hydrogen-bond donors (Lipinski definition) is 2. The summed E-state index contributed by atoms with van der Waals surface area (Å²) in [5, 5.41) is 4.25. The normalized spacial score (nSPS) is 12.2. The minimum absolute atomic E-state index is 0.0846. The van der Waals surface area contributed by atoms with Crippen LogP contribution in [0.3, 0.4) is 0 Å². The topological polar surface area (TPSA) is 81.1 Å². The van der Waals surface area contributed by atoms with Crippen LogP contribution in [0.2, 0.25) is 0 Å². The Kier molecular flexibility index (Phi) is 5.01. The molecule has 0 amide bonds. The van der Waals surface area contributed by atoms with Crippen LogP contribution >= 0.6 is 0 Å². The Morgan fingerprint density at radius 2 is 1.70 bits per heavy atom. The Balaban J connectivity index is 1.67. The number of benzene rings is 3. The molecule has 2 heterocycles. The van der Waals surface area contributed by atoms with E-state index in [4.69, 9.17) is 4.74 Å². The number of H-pyrrole nitrogens is 1. The first kappa shape index (κ1) is 20.6. The maximum Gasteiger partial charge on any atom is 0.328 e. The van der Waals surface area contributed by atoms with Crippen molar-refractivity contribution in [1.29, 1.82) is 0 Å². The van der Waals surface area contributed by atoms with Gasteiger partial charge in [0.1, 0.15) is 11.8 Å². The molecule has 5 aromatic rings. The molecule has 33 heavy (non-hydrogen) atoms. The monoisotopic (exact) mass is 440 g/mol. The summed E-state index contributed by atoms with van der Waals surface area (Å²) < 4.78 is 8.70. The second kappa shape index (κ2) is 8.02. The van der Waals surface area contributed by atoms with E-state index >= 15 is 0 Å². The molecule has 2 aromatic heterocycles. The van der Waals surface area contributed by atoms with Crippen molar-refractivity contribution in [3.8, 4) is 5.75 Å². The highest BCUT2D eigenvalue weighted by atomic mass is 16.5. The van der Waals surface area contributed by atoms with Gasteiger partial charge in [-0.3, -0.25) is 13.9 Å². The van der Waals surface area contributed by atoms with E-state index in [2.05, 4.69) is 10.3 Å². The van der Waals surface area contributed by atoms with E-state index in [9.17, 15) is 9.59 Å². The van der Waals surface area contributed by atoms with Crippen LogP contribution in [0.25, 0.3) is 21.9 Å². The molecule has 0 spiro atoms. The third-order valence-electron chi connectivity index (χ3n) is 6.15. The number of Topliss-reactive ketones (excluding diaryl/α,β-unsaturated/α-hetero) is 1. The minimum Gasteiger partial charge on any atom is -0.495 e. The number of imidazole rings is 1. The molecule has 166 valence electrons. The molecular weight excluding hydrogens is 416 g/mol. The van der Waals surface area contributed by atoms with Crippen LogP contribution in [0.4, 0.5) is 5.69 Å². The highest BCUT2D eigenvalue weighted by Gasteiger charge is 2.26. The molecule has 7 heteroatoms. The molecule has 1 atom stereocenters. The lowest BCUT2D eigenvalue weighted by molar-refractivity contribution is 0.0971. The fraction of sp³-hybridized carbons (Fsp3) is 0.154. The molecule has 0 saturated carbocycles.